The van der Waals surface area contributed by atoms with E-state index >= 15 is 0 Å². The molecule has 3 rings (SSSR count). The summed E-state index contributed by atoms with van der Waals surface area (Å²) >= 11 is 12.2. The Morgan fingerprint density at radius 2 is 1.78 bits per heavy atom. The minimum Gasteiger partial charge on any atom is -0.308 e. The maximum absolute atomic E-state index is 12.4. The molecule has 0 bridgehead atoms. The van der Waals surface area contributed by atoms with E-state index in [1.54, 1.807) is 13.0 Å². The first-order chi connectivity index (χ1) is 11.1. The van der Waals surface area contributed by atoms with Crippen molar-refractivity contribution in [3.63, 3.8) is 0 Å². The molecular formula is C18H24Cl2N2O. The van der Waals surface area contributed by atoms with Crippen molar-refractivity contribution >= 4 is 34.8 Å². The molecule has 1 aliphatic carbocycles. The molecular weight excluding hydrogens is 331 g/mol. The minimum atomic E-state index is 0.0829. The third kappa shape index (κ3) is 3.67. The van der Waals surface area contributed by atoms with Gasteiger partial charge in [-0.2, -0.15) is 0 Å². The van der Waals surface area contributed by atoms with Crippen molar-refractivity contribution in [1.82, 2.24) is 4.90 Å². The van der Waals surface area contributed by atoms with Crippen molar-refractivity contribution in [2.24, 2.45) is 0 Å². The zero-order valence-electron chi connectivity index (χ0n) is 13.6. The van der Waals surface area contributed by atoms with Crippen molar-refractivity contribution in [2.45, 2.75) is 57.5 Å². The Balaban J connectivity index is 1.91. The highest BCUT2D eigenvalue weighted by Crippen LogP contribution is 2.34. The Morgan fingerprint density at radius 1 is 1.09 bits per heavy atom. The van der Waals surface area contributed by atoms with Crippen molar-refractivity contribution in [1.29, 1.82) is 0 Å². The molecule has 0 aromatic heterocycles. The molecule has 1 amide bonds. The van der Waals surface area contributed by atoms with Gasteiger partial charge in [-0.1, -0.05) is 36.0 Å². The lowest BCUT2D eigenvalue weighted by Crippen LogP contribution is -2.54. The molecule has 1 saturated carbocycles. The first-order valence-electron chi connectivity index (χ1n) is 8.57. The summed E-state index contributed by atoms with van der Waals surface area (Å²) in [7, 11) is 0. The smallest absolute Gasteiger partial charge is 0.224 e. The maximum atomic E-state index is 12.4. The summed E-state index contributed by atoms with van der Waals surface area (Å²) < 4.78 is 0. The van der Waals surface area contributed by atoms with Crippen molar-refractivity contribution in [2.75, 3.05) is 18.0 Å². The first kappa shape index (κ1) is 17.1. The van der Waals surface area contributed by atoms with E-state index in [-0.39, 0.29) is 11.9 Å². The maximum Gasteiger partial charge on any atom is 0.224 e. The quantitative estimate of drug-likeness (QED) is 0.781. The van der Waals surface area contributed by atoms with Crippen LogP contribution in [0.15, 0.2) is 18.2 Å². The highest BCUT2D eigenvalue weighted by Gasteiger charge is 2.36. The van der Waals surface area contributed by atoms with E-state index < -0.39 is 0 Å². The van der Waals surface area contributed by atoms with E-state index in [9.17, 15) is 4.79 Å². The summed E-state index contributed by atoms with van der Waals surface area (Å²) in [6.45, 7) is 3.97. The lowest BCUT2D eigenvalue weighted by atomic mass is 9.87. The molecule has 2 atom stereocenters. The lowest BCUT2D eigenvalue weighted by Gasteiger charge is -2.43. The van der Waals surface area contributed by atoms with Gasteiger partial charge in [0.1, 0.15) is 0 Å². The molecule has 5 heteroatoms. The van der Waals surface area contributed by atoms with Crippen LogP contribution in [0, 0.1) is 0 Å². The normalized spacial score (nSPS) is 25.5. The Kier molecular flexibility index (Phi) is 5.50. The Hall–Kier alpha value is -0.770. The third-order valence-corrected chi connectivity index (χ3v) is 5.89. The van der Waals surface area contributed by atoms with Gasteiger partial charge < -0.3 is 4.90 Å². The number of rotatable bonds is 3. The molecule has 1 aromatic carbocycles. The molecule has 1 heterocycles. The van der Waals surface area contributed by atoms with Crippen LogP contribution in [0.1, 0.15) is 45.4 Å². The topological polar surface area (TPSA) is 23.6 Å². The van der Waals surface area contributed by atoms with Crippen LogP contribution in [0.5, 0.6) is 0 Å². The van der Waals surface area contributed by atoms with Gasteiger partial charge in [0.2, 0.25) is 5.91 Å². The number of halogens is 2. The molecule has 0 unspecified atom stereocenters. The van der Waals surface area contributed by atoms with Crippen LogP contribution >= 0.6 is 23.2 Å². The average molecular weight is 355 g/mol. The second-order valence-corrected chi connectivity index (χ2v) is 7.46. The number of amides is 1. The summed E-state index contributed by atoms with van der Waals surface area (Å²) in [6, 6.07) is 6.20. The highest BCUT2D eigenvalue weighted by atomic mass is 35.5. The second kappa shape index (κ2) is 7.42. The number of benzene rings is 1. The van der Waals surface area contributed by atoms with Gasteiger partial charge in [0.25, 0.3) is 0 Å². The molecule has 23 heavy (non-hydrogen) atoms. The zero-order chi connectivity index (χ0) is 16.4. The van der Waals surface area contributed by atoms with Crippen LogP contribution in [0.4, 0.5) is 5.69 Å². The molecule has 1 aliphatic heterocycles. The monoisotopic (exact) mass is 354 g/mol. The third-order valence-electron chi connectivity index (χ3n) is 5.16. The highest BCUT2D eigenvalue weighted by molar-refractivity contribution is 6.42. The van der Waals surface area contributed by atoms with Gasteiger partial charge in [-0.15, -0.1) is 0 Å². The molecule has 3 nitrogen and oxygen atoms in total. The van der Waals surface area contributed by atoms with E-state index in [1.807, 2.05) is 17.0 Å². The predicted octanol–water partition coefficient (Wildman–Crippen LogP) is 4.75. The largest absolute Gasteiger partial charge is 0.308 e. The van der Waals surface area contributed by atoms with Crippen LogP contribution in [0.3, 0.4) is 0 Å². The van der Waals surface area contributed by atoms with Gasteiger partial charge in [0, 0.05) is 18.7 Å². The Bertz CT molecular complexity index is 572. The van der Waals surface area contributed by atoms with Gasteiger partial charge >= 0.3 is 0 Å². The molecule has 0 spiro atoms. The van der Waals surface area contributed by atoms with Gasteiger partial charge in [-0.05, 0) is 57.0 Å². The van der Waals surface area contributed by atoms with Gasteiger partial charge in [-0.3, -0.25) is 9.69 Å². The predicted molar refractivity (Wildman–Crippen MR) is 96.5 cm³/mol. The number of carbonyl (C=O) groups excluding carboxylic acids is 1. The fourth-order valence-electron chi connectivity index (χ4n) is 4.13. The van der Waals surface area contributed by atoms with Crippen LogP contribution in [0.2, 0.25) is 10.0 Å². The number of carbonyl (C=O) groups is 1. The van der Waals surface area contributed by atoms with Crippen LogP contribution in [0.25, 0.3) is 0 Å². The van der Waals surface area contributed by atoms with Crippen LogP contribution < -0.4 is 4.90 Å². The fourth-order valence-corrected chi connectivity index (χ4v) is 4.43. The van der Waals surface area contributed by atoms with Crippen molar-refractivity contribution in [3.05, 3.63) is 28.2 Å². The second-order valence-electron chi connectivity index (χ2n) is 6.65. The number of hydrogen-bond donors (Lipinski definition) is 0. The van der Waals surface area contributed by atoms with E-state index in [0.29, 0.717) is 16.1 Å². The minimum absolute atomic E-state index is 0.0829. The van der Waals surface area contributed by atoms with E-state index in [0.717, 1.165) is 25.2 Å². The summed E-state index contributed by atoms with van der Waals surface area (Å²) in [4.78, 5) is 17.0. The van der Waals surface area contributed by atoms with Crippen LogP contribution in [-0.4, -0.2) is 36.0 Å². The summed E-state index contributed by atoms with van der Waals surface area (Å²) in [5.74, 6) is 0.0829. The Labute approximate surface area is 148 Å². The molecule has 1 saturated heterocycles. The van der Waals surface area contributed by atoms with Gasteiger partial charge in [-0.25, -0.2) is 0 Å². The molecule has 2 fully saturated rings. The SMILES string of the molecule is CC(=O)N(c1ccc(Cl)c(Cl)c1)[C@@H]1CCCC[C@@H]1N1CCCC1. The summed E-state index contributed by atoms with van der Waals surface area (Å²) in [5, 5.41) is 1.03. The summed E-state index contributed by atoms with van der Waals surface area (Å²) in [6.07, 6.45) is 7.22. The lowest BCUT2D eigenvalue weighted by molar-refractivity contribution is -0.117. The van der Waals surface area contributed by atoms with E-state index in [1.165, 1.54) is 32.1 Å². The molecule has 1 aromatic rings. The molecule has 0 N–H and O–H groups in total. The van der Waals surface area contributed by atoms with Crippen molar-refractivity contribution in [3.8, 4) is 0 Å². The average Bonchev–Trinajstić information content (AvgIpc) is 3.05. The molecule has 0 radical (unpaired) electrons. The Morgan fingerprint density at radius 3 is 2.43 bits per heavy atom. The number of nitrogens with zero attached hydrogens (tertiary/aromatic N) is 2. The van der Waals surface area contributed by atoms with Crippen molar-refractivity contribution < 1.29 is 4.79 Å². The first-order valence-corrected chi connectivity index (χ1v) is 9.32. The molecule has 2 aliphatic rings. The number of likely N-dealkylation sites (tertiary alicyclic amines) is 1. The summed E-state index contributed by atoms with van der Waals surface area (Å²) in [5.41, 5.74) is 0.864. The standard InChI is InChI=1S/C18H24Cl2N2O/c1-13(23)22(14-8-9-15(19)16(20)12-14)18-7-3-2-6-17(18)21-10-4-5-11-21/h8-9,12,17-18H,2-7,10-11H2,1H3/t17-,18+/m0/s1. The van der Waals surface area contributed by atoms with E-state index in [4.69, 9.17) is 23.2 Å². The fraction of sp³-hybridized carbons (Fsp3) is 0.611. The number of hydrogen-bond acceptors (Lipinski definition) is 2. The van der Waals surface area contributed by atoms with E-state index in [2.05, 4.69) is 4.90 Å². The van der Waals surface area contributed by atoms with Crippen LogP contribution in [-0.2, 0) is 4.79 Å². The zero-order valence-corrected chi connectivity index (χ0v) is 15.1. The van der Waals surface area contributed by atoms with Gasteiger partial charge in [0.05, 0.1) is 16.1 Å². The number of anilines is 1. The van der Waals surface area contributed by atoms with Gasteiger partial charge in [0.15, 0.2) is 0 Å². The molecule has 126 valence electrons.